The van der Waals surface area contributed by atoms with Crippen molar-refractivity contribution in [1.29, 1.82) is 0 Å². The Morgan fingerprint density at radius 3 is 0.838 bits per heavy atom. The molecule has 27 heteroatoms. The molecule has 27 nitrogen and oxygen atoms in total. The molecule has 0 atom stereocenters. The fraction of sp³-hybridized carbons (Fsp3) is 0.750. The van der Waals surface area contributed by atoms with Gasteiger partial charge in [-0.25, -0.2) is 48.0 Å². The van der Waals surface area contributed by atoms with E-state index in [0.717, 1.165) is 29.1 Å². The molecule has 0 aliphatic carbocycles. The van der Waals surface area contributed by atoms with Crippen LogP contribution < -0.4 is 0 Å². The first kappa shape index (κ1) is 89.3. The van der Waals surface area contributed by atoms with Gasteiger partial charge in [0.15, 0.2) is 11.6 Å². The molecule has 0 aliphatic rings. The van der Waals surface area contributed by atoms with Crippen LogP contribution in [0.4, 0.5) is 0 Å². The number of rotatable bonds is 18. The minimum absolute atomic E-state index is 0.349. The summed E-state index contributed by atoms with van der Waals surface area (Å²) in [5, 5.41) is 54.9. The Morgan fingerprint density at radius 2 is 0.596 bits per heavy atom. The van der Waals surface area contributed by atoms with Gasteiger partial charge < -0.3 is 13.7 Å². The second-order valence-electron chi connectivity index (χ2n) is 30.0. The highest BCUT2D eigenvalue weighted by Crippen LogP contribution is 2.22. The average Bonchev–Trinajstić information content (AvgIpc) is 1.94. The molecular formula is C72H135N27. The van der Waals surface area contributed by atoms with Crippen LogP contribution in [0.2, 0.25) is 0 Å². The molecule has 9 aromatic rings. The summed E-state index contributed by atoms with van der Waals surface area (Å²) in [6.45, 7) is 76.6. The zero-order valence-corrected chi connectivity index (χ0v) is 68.2. The van der Waals surface area contributed by atoms with Crippen LogP contribution in [0.3, 0.4) is 0 Å². The van der Waals surface area contributed by atoms with Crippen LogP contribution in [0.1, 0.15) is 409 Å². The molecule has 0 N–H and O–H groups in total. The van der Waals surface area contributed by atoms with Gasteiger partial charge in [0.1, 0.15) is 42.3 Å². The van der Waals surface area contributed by atoms with Crippen molar-refractivity contribution in [1.82, 2.24) is 134 Å². The van der Waals surface area contributed by atoms with Gasteiger partial charge >= 0.3 is 0 Å². The lowest BCUT2D eigenvalue weighted by atomic mass is 10.1. The minimum Gasteiger partial charge on any atom is -0.332 e. The number of tetrazole rings is 2. The van der Waals surface area contributed by atoms with Crippen molar-refractivity contribution in [3.05, 3.63) is 108 Å². The summed E-state index contributed by atoms with van der Waals surface area (Å²) in [6, 6.07) is 3.85. The largest absolute Gasteiger partial charge is 0.332 e. The molecule has 558 valence electrons. The second kappa shape index (κ2) is 44.4. The molecule has 0 bridgehead atoms. The number of hydrogen-bond donors (Lipinski definition) is 0. The second-order valence-corrected chi connectivity index (χ2v) is 30.0. The Hall–Kier alpha value is -7.74. The van der Waals surface area contributed by atoms with Gasteiger partial charge in [0.2, 0.25) is 0 Å². The highest BCUT2D eigenvalue weighted by Gasteiger charge is 2.17. The minimum atomic E-state index is 0.349. The van der Waals surface area contributed by atoms with Crippen LogP contribution in [-0.2, 0) is 0 Å². The standard InChI is InChI=1S/2C9H16N2.5C8H15N3.2C7H14N4/c1-7(2)9-5-10-6-11(9)8(3)4;1-7(2)9-10-5-6-11(9)8(3)4;1-6(2)8-10-9-5-11(8)7(3)4;2*1-6(2)8-9-5-10-11(8)7(3)4;2*1-6(2)8-5-9-10-11(8)7(3)4;2*1-5(2)7-8-9-10-11(7)6(3)4/h2*5-8H,1-4H3;5*5-7H,1-4H3;2*5-6H,1-4H3. The van der Waals surface area contributed by atoms with Gasteiger partial charge in [-0.15, -0.1) is 30.6 Å². The third kappa shape index (κ3) is 29.5. The molecule has 0 radical (unpaired) electrons. The van der Waals surface area contributed by atoms with Crippen LogP contribution in [-0.4, -0.2) is 134 Å². The molecule has 0 aromatic carbocycles. The Bertz CT molecular complexity index is 2540. The summed E-state index contributed by atoms with van der Waals surface area (Å²) in [7, 11) is 0. The van der Waals surface area contributed by atoms with Crippen molar-refractivity contribution in [3.63, 3.8) is 0 Å². The highest BCUT2D eigenvalue weighted by molar-refractivity contribution is 5.05. The van der Waals surface area contributed by atoms with Gasteiger partial charge in [-0.1, -0.05) is 135 Å². The normalized spacial score (nSPS) is 11.5. The van der Waals surface area contributed by atoms with Gasteiger partial charge in [0.25, 0.3) is 0 Å². The van der Waals surface area contributed by atoms with E-state index in [9.17, 15) is 0 Å². The zero-order chi connectivity index (χ0) is 75.9. The molecule has 9 rings (SSSR count). The number of hydrogen-bond acceptors (Lipinski definition) is 18. The Morgan fingerprint density at radius 1 is 0.253 bits per heavy atom. The summed E-state index contributed by atoms with van der Waals surface area (Å²) in [5.74, 6) is 10.6. The van der Waals surface area contributed by atoms with E-state index in [1.54, 1.807) is 19.0 Å². The molecule has 0 amide bonds. The predicted molar refractivity (Wildman–Crippen MR) is 400 cm³/mol. The topological polar surface area (TPSA) is 276 Å². The molecule has 0 saturated heterocycles. The van der Waals surface area contributed by atoms with Gasteiger partial charge in [0.05, 0.1) is 42.2 Å². The first-order chi connectivity index (χ1) is 46.1. The van der Waals surface area contributed by atoms with Crippen molar-refractivity contribution >= 4 is 0 Å². The lowest BCUT2D eigenvalue weighted by Gasteiger charge is -2.13. The maximum atomic E-state index is 4.30. The molecule has 0 spiro atoms. The fourth-order valence-electron chi connectivity index (χ4n) is 9.64. The predicted octanol–water partition coefficient (Wildman–Crippen LogP) is 17.8. The van der Waals surface area contributed by atoms with Crippen molar-refractivity contribution in [2.75, 3.05) is 0 Å². The lowest BCUT2D eigenvalue weighted by Crippen LogP contribution is -2.09. The molecule has 0 saturated carbocycles. The van der Waals surface area contributed by atoms with Crippen molar-refractivity contribution in [3.8, 4) is 0 Å². The molecule has 99 heavy (non-hydrogen) atoms. The van der Waals surface area contributed by atoms with E-state index in [-0.39, 0.29) is 0 Å². The number of aromatic nitrogens is 27. The molecule has 0 aliphatic heterocycles. The average molecular weight is 1380 g/mol. The quantitative estimate of drug-likeness (QED) is 0.0771. The molecule has 9 heterocycles. The first-order valence-electron chi connectivity index (χ1n) is 36.2. The highest BCUT2D eigenvalue weighted by atomic mass is 15.6. The molecule has 0 unspecified atom stereocenters. The Balaban J connectivity index is 0.000000557. The molecular weight excluding hydrogens is 1240 g/mol. The molecule has 0 fully saturated rings. The van der Waals surface area contributed by atoms with E-state index < -0.39 is 0 Å². The zero-order valence-electron chi connectivity index (χ0n) is 68.2. The summed E-state index contributed by atoms with van der Waals surface area (Å²) in [6.07, 6.45) is 16.5. The van der Waals surface area contributed by atoms with Gasteiger partial charge in [-0.05, 0) is 163 Å². The van der Waals surface area contributed by atoms with E-state index in [4.69, 9.17) is 0 Å². The lowest BCUT2D eigenvalue weighted by molar-refractivity contribution is 0.483. The van der Waals surface area contributed by atoms with Crippen LogP contribution in [0, 0.1) is 0 Å². The van der Waals surface area contributed by atoms with Gasteiger partial charge in [0, 0.05) is 102 Å². The summed E-state index contributed by atoms with van der Waals surface area (Å²) >= 11 is 0. The summed E-state index contributed by atoms with van der Waals surface area (Å²) < 4.78 is 18.1. The monoisotopic (exact) mass is 1380 g/mol. The molecule has 9 aromatic heterocycles. The van der Waals surface area contributed by atoms with E-state index in [1.807, 2.05) is 65.4 Å². The van der Waals surface area contributed by atoms with Crippen LogP contribution >= 0.6 is 0 Å². The van der Waals surface area contributed by atoms with Crippen molar-refractivity contribution in [2.24, 2.45) is 0 Å². The van der Waals surface area contributed by atoms with Gasteiger partial charge in [-0.3, -0.25) is 0 Å². The Kier molecular flexibility index (Phi) is 40.0. The maximum Gasteiger partial charge on any atom is 0.154 e. The van der Waals surface area contributed by atoms with Gasteiger partial charge in [-0.2, -0.15) is 10.2 Å². The Labute approximate surface area is 596 Å². The van der Waals surface area contributed by atoms with Crippen LogP contribution in [0.25, 0.3) is 0 Å². The summed E-state index contributed by atoms with van der Waals surface area (Å²) in [4.78, 5) is 16.8. The van der Waals surface area contributed by atoms with Crippen molar-refractivity contribution in [2.45, 2.75) is 357 Å². The third-order valence-electron chi connectivity index (χ3n) is 14.9. The van der Waals surface area contributed by atoms with E-state index in [2.05, 4.69) is 355 Å². The van der Waals surface area contributed by atoms with E-state index >= 15 is 0 Å². The first-order valence-corrected chi connectivity index (χ1v) is 36.2. The van der Waals surface area contributed by atoms with Crippen LogP contribution in [0.15, 0.2) is 56.3 Å². The fourth-order valence-corrected chi connectivity index (χ4v) is 9.64. The summed E-state index contributed by atoms with van der Waals surface area (Å²) in [5.41, 5.74) is 3.74. The van der Waals surface area contributed by atoms with Crippen LogP contribution in [0.5, 0.6) is 0 Å². The SMILES string of the molecule is CC(C)c1cncn1C(C)C.CC(C)c1cnnn1C(C)C.CC(C)c1cnnn1C(C)C.CC(C)c1nccn1C(C)C.CC(C)c1ncnn1C(C)C.CC(C)c1ncnn1C(C)C.CC(C)c1nncn1C(C)C.CC(C)c1nnnn1C(C)C.CC(C)c1nnnn1C(C)C. The van der Waals surface area contributed by atoms with Crippen molar-refractivity contribution < 1.29 is 0 Å². The third-order valence-corrected chi connectivity index (χ3v) is 14.9. The number of nitrogens with zero attached hydrogens (tertiary/aromatic N) is 27. The van der Waals surface area contributed by atoms with E-state index in [0.29, 0.717) is 108 Å². The van der Waals surface area contributed by atoms with E-state index in [1.165, 1.54) is 22.9 Å². The maximum absolute atomic E-state index is 4.30. The number of imidazole rings is 2. The smallest absolute Gasteiger partial charge is 0.154 e.